The Morgan fingerprint density at radius 2 is 1.60 bits per heavy atom. The number of rotatable bonds is 3. The van der Waals surface area contributed by atoms with E-state index in [2.05, 4.69) is 4.57 Å². The van der Waals surface area contributed by atoms with Crippen molar-refractivity contribution in [1.82, 2.24) is 8.87 Å². The predicted molar refractivity (Wildman–Crippen MR) is 98.1 cm³/mol. The molecule has 0 saturated carbocycles. The first-order chi connectivity index (χ1) is 12.1. The molecule has 1 aliphatic heterocycles. The zero-order valence-electron chi connectivity index (χ0n) is 13.4. The molecule has 0 fully saturated rings. The Bertz CT molecular complexity index is 982. The lowest BCUT2D eigenvalue weighted by molar-refractivity contribution is 0.298. The number of halogens is 1. The van der Waals surface area contributed by atoms with Crippen molar-refractivity contribution in [2.75, 3.05) is 6.54 Å². The Balaban J connectivity index is 1.85. The van der Waals surface area contributed by atoms with E-state index in [-0.39, 0.29) is 6.04 Å². The van der Waals surface area contributed by atoms with Gasteiger partial charge in [-0.2, -0.15) is 4.31 Å². The van der Waals surface area contributed by atoms with Crippen molar-refractivity contribution in [3.63, 3.8) is 0 Å². The number of hydrogen-bond acceptors (Lipinski definition) is 2. The molecule has 6 heteroatoms. The molecular weight excluding hydrogens is 356 g/mol. The Kier molecular flexibility index (Phi) is 4.15. The number of sulfonamides is 1. The van der Waals surface area contributed by atoms with Gasteiger partial charge in [0.25, 0.3) is 0 Å². The van der Waals surface area contributed by atoms with Gasteiger partial charge in [0.05, 0.1) is 10.9 Å². The van der Waals surface area contributed by atoms with Gasteiger partial charge in [-0.25, -0.2) is 8.42 Å². The quantitative estimate of drug-likeness (QED) is 0.699. The molecule has 3 aromatic rings. The smallest absolute Gasteiger partial charge is 0.244 e. The number of benzene rings is 2. The first-order valence-electron chi connectivity index (χ1n) is 8.05. The Morgan fingerprint density at radius 3 is 2.32 bits per heavy atom. The van der Waals surface area contributed by atoms with E-state index in [1.165, 1.54) is 0 Å². The number of aromatic nitrogens is 1. The second-order valence-corrected chi connectivity index (χ2v) is 8.34. The molecular formula is C19H17ClN2O2S. The second-order valence-electron chi connectivity index (χ2n) is 6.01. The Labute approximate surface area is 152 Å². The van der Waals surface area contributed by atoms with Gasteiger partial charge in [-0.15, -0.1) is 0 Å². The third-order valence-corrected chi connectivity index (χ3v) is 6.66. The molecule has 0 bridgehead atoms. The highest BCUT2D eigenvalue weighted by Crippen LogP contribution is 2.36. The average molecular weight is 373 g/mol. The summed E-state index contributed by atoms with van der Waals surface area (Å²) in [5.74, 6) is 0. The summed E-state index contributed by atoms with van der Waals surface area (Å²) in [5.41, 5.74) is 1.87. The van der Waals surface area contributed by atoms with Gasteiger partial charge in [0.2, 0.25) is 10.0 Å². The van der Waals surface area contributed by atoms with Crippen LogP contribution in [0, 0.1) is 0 Å². The van der Waals surface area contributed by atoms with Crippen LogP contribution in [0.2, 0.25) is 5.02 Å². The normalized spacial score (nSPS) is 18.0. The fourth-order valence-corrected chi connectivity index (χ4v) is 5.06. The highest BCUT2D eigenvalue weighted by molar-refractivity contribution is 7.89. The summed E-state index contributed by atoms with van der Waals surface area (Å²) >= 11 is 6.01. The molecule has 25 heavy (non-hydrogen) atoms. The summed E-state index contributed by atoms with van der Waals surface area (Å²) in [6.45, 7) is 1.06. The molecule has 4 rings (SSSR count). The van der Waals surface area contributed by atoms with E-state index in [9.17, 15) is 8.42 Å². The first-order valence-corrected chi connectivity index (χ1v) is 9.86. The molecule has 0 N–H and O–H groups in total. The van der Waals surface area contributed by atoms with E-state index in [1.54, 1.807) is 40.7 Å². The van der Waals surface area contributed by atoms with Gasteiger partial charge in [0, 0.05) is 30.0 Å². The molecule has 0 saturated heterocycles. The van der Waals surface area contributed by atoms with E-state index in [0.717, 1.165) is 11.3 Å². The number of hydrogen-bond donors (Lipinski definition) is 0. The van der Waals surface area contributed by atoms with Crippen molar-refractivity contribution in [3.8, 4) is 0 Å². The predicted octanol–water partition coefficient (Wildman–Crippen LogP) is 3.94. The molecule has 0 radical (unpaired) electrons. The molecule has 128 valence electrons. The topological polar surface area (TPSA) is 42.3 Å². The lowest BCUT2D eigenvalue weighted by atomic mass is 10.0. The Morgan fingerprint density at radius 1 is 0.880 bits per heavy atom. The summed E-state index contributed by atoms with van der Waals surface area (Å²) in [4.78, 5) is 0.314. The van der Waals surface area contributed by atoms with Gasteiger partial charge >= 0.3 is 0 Å². The fourth-order valence-electron chi connectivity index (χ4n) is 3.33. The zero-order chi connectivity index (χ0) is 17.4. The van der Waals surface area contributed by atoms with E-state index in [0.29, 0.717) is 23.0 Å². The standard InChI is InChI=1S/C19H17ClN2O2S/c20-16-10-8-15(9-11-16)19-18-7-4-12-21(18)13-14-22(19)25(23,24)17-5-2-1-3-6-17/h1-12,19H,13-14H2/t19-/m0/s1. The third kappa shape index (κ3) is 2.88. The van der Waals surface area contributed by atoms with Gasteiger partial charge < -0.3 is 4.57 Å². The third-order valence-electron chi connectivity index (χ3n) is 4.53. The lowest BCUT2D eigenvalue weighted by Crippen LogP contribution is -2.42. The fraction of sp³-hybridized carbons (Fsp3) is 0.158. The zero-order valence-corrected chi connectivity index (χ0v) is 15.0. The van der Waals surface area contributed by atoms with Crippen LogP contribution in [-0.2, 0) is 16.6 Å². The van der Waals surface area contributed by atoms with Crippen LogP contribution < -0.4 is 0 Å². The maximum Gasteiger partial charge on any atom is 0.244 e. The first kappa shape index (κ1) is 16.4. The largest absolute Gasteiger partial charge is 0.348 e. The number of fused-ring (bicyclic) bond motifs is 1. The highest BCUT2D eigenvalue weighted by Gasteiger charge is 2.37. The van der Waals surface area contributed by atoms with E-state index < -0.39 is 10.0 Å². The maximum absolute atomic E-state index is 13.3. The molecule has 1 atom stereocenters. The molecule has 0 spiro atoms. The minimum Gasteiger partial charge on any atom is -0.348 e. The van der Waals surface area contributed by atoms with Crippen molar-refractivity contribution < 1.29 is 8.42 Å². The molecule has 1 aliphatic rings. The van der Waals surface area contributed by atoms with Gasteiger partial charge in [-0.1, -0.05) is 41.9 Å². The molecule has 2 aromatic carbocycles. The second kappa shape index (κ2) is 6.33. The van der Waals surface area contributed by atoms with Crippen molar-refractivity contribution in [2.24, 2.45) is 0 Å². The summed E-state index contributed by atoms with van der Waals surface area (Å²) in [7, 11) is -3.60. The van der Waals surface area contributed by atoms with Crippen LogP contribution >= 0.6 is 11.6 Å². The van der Waals surface area contributed by atoms with Crippen molar-refractivity contribution in [1.29, 1.82) is 0 Å². The molecule has 4 nitrogen and oxygen atoms in total. The van der Waals surface area contributed by atoms with Crippen molar-refractivity contribution in [2.45, 2.75) is 17.5 Å². The average Bonchev–Trinajstić information content (AvgIpc) is 3.11. The summed E-state index contributed by atoms with van der Waals surface area (Å²) in [6.07, 6.45) is 1.99. The molecule has 0 aliphatic carbocycles. The van der Waals surface area contributed by atoms with Crippen LogP contribution in [0.25, 0.3) is 0 Å². The minimum atomic E-state index is -3.60. The maximum atomic E-state index is 13.3. The monoisotopic (exact) mass is 372 g/mol. The lowest BCUT2D eigenvalue weighted by Gasteiger charge is -2.36. The Hall–Kier alpha value is -2.08. The summed E-state index contributed by atoms with van der Waals surface area (Å²) in [6, 6.07) is 19.5. The van der Waals surface area contributed by atoms with Crippen LogP contribution in [0.5, 0.6) is 0 Å². The van der Waals surface area contributed by atoms with E-state index >= 15 is 0 Å². The van der Waals surface area contributed by atoms with Crippen molar-refractivity contribution >= 4 is 21.6 Å². The van der Waals surface area contributed by atoms with Crippen LogP contribution in [0.3, 0.4) is 0 Å². The number of nitrogens with zero attached hydrogens (tertiary/aromatic N) is 2. The van der Waals surface area contributed by atoms with E-state index in [4.69, 9.17) is 11.6 Å². The summed E-state index contributed by atoms with van der Waals surface area (Å²) in [5, 5.41) is 0.632. The van der Waals surface area contributed by atoms with Crippen LogP contribution in [0.15, 0.2) is 77.8 Å². The van der Waals surface area contributed by atoms with Crippen molar-refractivity contribution in [3.05, 3.63) is 89.2 Å². The summed E-state index contributed by atoms with van der Waals surface area (Å²) < 4.78 is 30.2. The van der Waals surface area contributed by atoms with E-state index in [1.807, 2.05) is 36.5 Å². The molecule has 2 heterocycles. The molecule has 0 unspecified atom stereocenters. The van der Waals surface area contributed by atoms with Gasteiger partial charge in [0.15, 0.2) is 0 Å². The van der Waals surface area contributed by atoms with Crippen LogP contribution in [0.4, 0.5) is 0 Å². The van der Waals surface area contributed by atoms with Gasteiger partial charge in [0.1, 0.15) is 0 Å². The van der Waals surface area contributed by atoms with Crippen LogP contribution in [0.1, 0.15) is 17.3 Å². The van der Waals surface area contributed by atoms with Gasteiger partial charge in [-0.3, -0.25) is 0 Å². The SMILES string of the molecule is O=S(=O)(c1ccccc1)N1CCn2cccc2[C@@H]1c1ccc(Cl)cc1. The van der Waals surface area contributed by atoms with Crippen LogP contribution in [-0.4, -0.2) is 23.8 Å². The molecule has 1 aromatic heterocycles. The molecule has 0 amide bonds. The highest BCUT2D eigenvalue weighted by atomic mass is 35.5. The minimum absolute atomic E-state index is 0.314. The van der Waals surface area contributed by atoms with Gasteiger partial charge in [-0.05, 0) is 42.0 Å².